The quantitative estimate of drug-likeness (QED) is 0.592. The fraction of sp³-hybridized carbons (Fsp3) is 0.824. The summed E-state index contributed by atoms with van der Waals surface area (Å²) in [6, 6.07) is -1.46. The predicted octanol–water partition coefficient (Wildman–Crippen LogP) is 0.334. The molecule has 0 spiro atoms. The summed E-state index contributed by atoms with van der Waals surface area (Å²) in [6.45, 7) is 2.26. The Morgan fingerprint density at radius 1 is 1.38 bits per heavy atom. The smallest absolute Gasteiger partial charge is 0.323 e. The number of primary amides is 1. The first-order chi connectivity index (χ1) is 12.9. The summed E-state index contributed by atoms with van der Waals surface area (Å²) in [7, 11) is 0. The average Bonchev–Trinajstić information content (AvgIpc) is 3.12. The van der Waals surface area contributed by atoms with Gasteiger partial charge in [-0.3, -0.25) is 9.59 Å². The molecule has 4 N–H and O–H groups in total. The second kappa shape index (κ2) is 8.57. The normalized spacial score (nSPS) is 33.0. The van der Waals surface area contributed by atoms with Crippen molar-refractivity contribution < 1.29 is 15.7 Å². The lowest BCUT2D eigenvalue weighted by atomic mass is 9.69. The number of piperidine rings is 1. The summed E-state index contributed by atoms with van der Waals surface area (Å²) in [6.07, 6.45) is 4.78. The van der Waals surface area contributed by atoms with Gasteiger partial charge in [-0.2, -0.15) is 5.21 Å². The maximum absolute atomic E-state index is 12.5. The van der Waals surface area contributed by atoms with E-state index >= 15 is 0 Å². The van der Waals surface area contributed by atoms with Crippen molar-refractivity contribution in [3.8, 4) is 0 Å². The number of rotatable bonds is 7. The molecule has 1 aliphatic carbocycles. The summed E-state index contributed by atoms with van der Waals surface area (Å²) >= 11 is 0. The number of esters is 1. The van der Waals surface area contributed by atoms with Crippen molar-refractivity contribution in [2.75, 3.05) is 6.54 Å². The van der Waals surface area contributed by atoms with Crippen LogP contribution in [0.3, 0.4) is 0 Å². The maximum Gasteiger partial charge on any atom is 0.323 e. The summed E-state index contributed by atoms with van der Waals surface area (Å²) in [4.78, 5) is 23.5. The number of hydrogen-bond donors (Lipinski definition) is 3. The molecule has 2 fully saturated rings. The SMILES string of the molecule is [2H][C@@]1(C(=O)O[C@@H](C)CC(N)=O)C[C@H]2C[C@@H](CCc3nn[nH]n3)CC[C@H]2CN1. The van der Waals surface area contributed by atoms with E-state index in [4.69, 9.17) is 11.8 Å². The van der Waals surface area contributed by atoms with Gasteiger partial charge >= 0.3 is 5.97 Å². The lowest BCUT2D eigenvalue weighted by molar-refractivity contribution is -0.153. The summed E-state index contributed by atoms with van der Waals surface area (Å²) < 4.78 is 13.9. The minimum atomic E-state index is -1.46. The van der Waals surface area contributed by atoms with Gasteiger partial charge in [-0.15, -0.1) is 10.2 Å². The van der Waals surface area contributed by atoms with Crippen LogP contribution in [0.5, 0.6) is 0 Å². The number of hydrogen-bond acceptors (Lipinski definition) is 7. The van der Waals surface area contributed by atoms with Gasteiger partial charge in [-0.25, -0.2) is 0 Å². The first-order valence-electron chi connectivity index (χ1n) is 9.82. The van der Waals surface area contributed by atoms with Gasteiger partial charge in [0.05, 0.1) is 7.79 Å². The molecular weight excluding hydrogens is 336 g/mol. The first-order valence-corrected chi connectivity index (χ1v) is 9.32. The third kappa shape index (κ3) is 5.00. The summed E-state index contributed by atoms with van der Waals surface area (Å²) in [5.41, 5.74) is 5.14. The second-order valence-electron chi connectivity index (χ2n) is 7.52. The fourth-order valence-corrected chi connectivity index (χ4v) is 4.15. The fourth-order valence-electron chi connectivity index (χ4n) is 4.15. The van der Waals surface area contributed by atoms with E-state index in [0.717, 1.165) is 37.9 Å². The number of tetrazole rings is 1. The largest absolute Gasteiger partial charge is 0.461 e. The molecule has 1 aliphatic heterocycles. The molecule has 144 valence electrons. The lowest BCUT2D eigenvalue weighted by Gasteiger charge is -2.42. The molecule has 9 nitrogen and oxygen atoms in total. The van der Waals surface area contributed by atoms with Crippen LogP contribution >= 0.6 is 0 Å². The number of carbonyl (C=O) groups is 2. The van der Waals surface area contributed by atoms with E-state index in [1.807, 2.05) is 0 Å². The molecule has 1 aromatic heterocycles. The predicted molar refractivity (Wildman–Crippen MR) is 92.6 cm³/mol. The van der Waals surface area contributed by atoms with Crippen LogP contribution in [0, 0.1) is 17.8 Å². The molecule has 5 atom stereocenters. The third-order valence-electron chi connectivity index (χ3n) is 5.50. The molecule has 2 aliphatic rings. The Labute approximate surface area is 154 Å². The van der Waals surface area contributed by atoms with Crippen LogP contribution in [0.15, 0.2) is 0 Å². The molecule has 1 saturated heterocycles. The zero-order valence-corrected chi connectivity index (χ0v) is 15.1. The molecule has 0 bridgehead atoms. The van der Waals surface area contributed by atoms with Crippen LogP contribution < -0.4 is 11.1 Å². The number of nitrogens with one attached hydrogen (secondary N) is 2. The van der Waals surface area contributed by atoms with Crippen molar-refractivity contribution in [1.29, 1.82) is 0 Å². The Kier molecular flexibility index (Phi) is 5.73. The minimum absolute atomic E-state index is 0.0357. The number of carbonyl (C=O) groups excluding carboxylic acids is 2. The highest BCUT2D eigenvalue weighted by Crippen LogP contribution is 2.40. The topological polar surface area (TPSA) is 136 Å². The van der Waals surface area contributed by atoms with Crippen LogP contribution in [0.2, 0.25) is 0 Å². The maximum atomic E-state index is 12.5. The molecule has 0 radical (unpaired) electrons. The van der Waals surface area contributed by atoms with Gasteiger partial charge in [-0.1, -0.05) is 11.6 Å². The van der Waals surface area contributed by atoms with Crippen molar-refractivity contribution in [3.63, 3.8) is 0 Å². The number of amides is 1. The molecular formula is C17H28N6O3. The standard InChI is InChI=1S/C17H28N6O3/c1-10(6-15(18)24)26-17(25)14-8-13-7-11(2-4-12(13)9-19-14)3-5-16-20-22-23-21-16/h10-14,19H,2-9H2,1H3,(H2,18,24)(H,20,21,22,23)/t10-,11+,12-,13+,14-/m0/s1/i14D. The number of H-pyrrole nitrogens is 1. The molecule has 2 heterocycles. The van der Waals surface area contributed by atoms with E-state index in [0.29, 0.717) is 30.7 Å². The highest BCUT2D eigenvalue weighted by atomic mass is 16.5. The van der Waals surface area contributed by atoms with E-state index in [1.165, 1.54) is 0 Å². The Bertz CT molecular complexity index is 657. The van der Waals surface area contributed by atoms with Crippen LogP contribution in [-0.4, -0.2) is 51.2 Å². The van der Waals surface area contributed by atoms with E-state index in [2.05, 4.69) is 25.9 Å². The van der Waals surface area contributed by atoms with Crippen LogP contribution in [-0.2, 0) is 20.7 Å². The van der Waals surface area contributed by atoms with E-state index in [1.54, 1.807) is 6.92 Å². The highest BCUT2D eigenvalue weighted by molar-refractivity contribution is 5.77. The number of nitrogens with zero attached hydrogens (tertiary/aromatic N) is 3. The van der Waals surface area contributed by atoms with Gasteiger partial charge in [0.2, 0.25) is 5.91 Å². The highest BCUT2D eigenvalue weighted by Gasteiger charge is 2.38. The minimum Gasteiger partial charge on any atom is -0.461 e. The Hall–Kier alpha value is -2.03. The van der Waals surface area contributed by atoms with Gasteiger partial charge in [0.15, 0.2) is 5.82 Å². The number of nitrogens with two attached hydrogens (primary N) is 1. The Morgan fingerprint density at radius 3 is 2.96 bits per heavy atom. The summed E-state index contributed by atoms with van der Waals surface area (Å²) in [5.74, 6) is 0.917. The lowest BCUT2D eigenvalue weighted by Crippen LogP contribution is -2.50. The number of aromatic nitrogens is 4. The molecule has 9 heteroatoms. The van der Waals surface area contributed by atoms with Crippen LogP contribution in [0.1, 0.15) is 52.6 Å². The molecule has 26 heavy (non-hydrogen) atoms. The number of aromatic amines is 1. The van der Waals surface area contributed by atoms with E-state index < -0.39 is 24.0 Å². The molecule has 3 rings (SSSR count). The molecule has 1 amide bonds. The van der Waals surface area contributed by atoms with Gasteiger partial charge < -0.3 is 15.8 Å². The zero-order chi connectivity index (χ0) is 19.4. The number of ether oxygens (including phenoxy) is 1. The van der Waals surface area contributed by atoms with Crippen LogP contribution in [0.25, 0.3) is 0 Å². The van der Waals surface area contributed by atoms with Crippen molar-refractivity contribution in [3.05, 3.63) is 5.82 Å². The Balaban J connectivity index is 1.53. The van der Waals surface area contributed by atoms with Gasteiger partial charge in [-0.05, 0) is 56.9 Å². The van der Waals surface area contributed by atoms with Gasteiger partial charge in [0.1, 0.15) is 12.1 Å². The van der Waals surface area contributed by atoms with Crippen molar-refractivity contribution in [2.24, 2.45) is 23.5 Å². The van der Waals surface area contributed by atoms with Gasteiger partial charge in [0, 0.05) is 6.42 Å². The molecule has 1 saturated carbocycles. The summed E-state index contributed by atoms with van der Waals surface area (Å²) in [5, 5.41) is 17.1. The number of aryl methyl sites for hydroxylation is 1. The first kappa shape index (κ1) is 17.4. The van der Waals surface area contributed by atoms with Crippen LogP contribution in [0.4, 0.5) is 0 Å². The second-order valence-corrected chi connectivity index (χ2v) is 7.52. The van der Waals surface area contributed by atoms with E-state index in [-0.39, 0.29) is 6.42 Å². The zero-order valence-electron chi connectivity index (χ0n) is 16.1. The van der Waals surface area contributed by atoms with Gasteiger partial charge in [0.25, 0.3) is 0 Å². The molecule has 0 aromatic carbocycles. The Morgan fingerprint density at radius 2 is 2.23 bits per heavy atom. The average molecular weight is 365 g/mol. The molecule has 0 unspecified atom stereocenters. The molecule has 1 aromatic rings. The van der Waals surface area contributed by atoms with Crippen molar-refractivity contribution in [1.82, 2.24) is 25.9 Å². The van der Waals surface area contributed by atoms with Crippen molar-refractivity contribution >= 4 is 11.9 Å². The van der Waals surface area contributed by atoms with Crippen molar-refractivity contribution in [2.45, 2.75) is 64.0 Å². The monoisotopic (exact) mass is 365 g/mol. The third-order valence-corrected chi connectivity index (χ3v) is 5.50. The van der Waals surface area contributed by atoms with E-state index in [9.17, 15) is 9.59 Å². The number of fused-ring (bicyclic) bond motifs is 1.